The number of non-ortho nitro benzene ring substituents is 1. The lowest BCUT2D eigenvalue weighted by Crippen LogP contribution is -2.48. The molecule has 0 saturated carbocycles. The molecule has 7 heteroatoms. The Kier molecular flexibility index (Phi) is 4.25. The van der Waals surface area contributed by atoms with Gasteiger partial charge in [-0.25, -0.2) is 5.01 Å². The molecule has 0 bridgehead atoms. The number of nitro benzene ring substituents is 1. The molecule has 3 aromatic rings. The number of hydrazone groups is 1. The van der Waals surface area contributed by atoms with Gasteiger partial charge >= 0.3 is 0 Å². The molecule has 0 N–H and O–H groups in total. The molecule has 0 amide bonds. The maximum atomic E-state index is 11.1. The van der Waals surface area contributed by atoms with E-state index in [-0.39, 0.29) is 11.7 Å². The summed E-state index contributed by atoms with van der Waals surface area (Å²) in [4.78, 5) is 10.7. The summed E-state index contributed by atoms with van der Waals surface area (Å²) in [6.45, 7) is 1.95. The maximum absolute atomic E-state index is 11.1. The van der Waals surface area contributed by atoms with Crippen LogP contribution >= 0.6 is 11.6 Å². The number of nitro groups is 1. The monoisotopic (exact) mass is 419 g/mol. The molecule has 0 fully saturated rings. The van der Waals surface area contributed by atoms with Crippen molar-refractivity contribution in [3.8, 4) is 5.75 Å². The Morgan fingerprint density at radius 2 is 1.80 bits per heavy atom. The van der Waals surface area contributed by atoms with Crippen LogP contribution in [0.15, 0.2) is 77.9 Å². The molecule has 150 valence electrons. The van der Waals surface area contributed by atoms with Crippen LogP contribution in [0.1, 0.15) is 36.1 Å². The second-order valence-corrected chi connectivity index (χ2v) is 7.98. The van der Waals surface area contributed by atoms with Gasteiger partial charge in [0.1, 0.15) is 5.75 Å². The van der Waals surface area contributed by atoms with Gasteiger partial charge in [0.15, 0.2) is 0 Å². The van der Waals surface area contributed by atoms with Crippen molar-refractivity contribution in [3.63, 3.8) is 0 Å². The predicted molar refractivity (Wildman–Crippen MR) is 115 cm³/mol. The first-order chi connectivity index (χ1) is 14.5. The first kappa shape index (κ1) is 18.6. The van der Waals surface area contributed by atoms with Crippen molar-refractivity contribution in [2.24, 2.45) is 5.10 Å². The molecule has 0 unspecified atom stereocenters. The summed E-state index contributed by atoms with van der Waals surface area (Å²) in [5, 5.41) is 18.7. The highest BCUT2D eigenvalue weighted by molar-refractivity contribution is 6.30. The highest BCUT2D eigenvalue weighted by Gasteiger charge is 2.48. The van der Waals surface area contributed by atoms with Gasteiger partial charge in [-0.05, 0) is 35.9 Å². The van der Waals surface area contributed by atoms with Crippen molar-refractivity contribution in [2.75, 3.05) is 0 Å². The van der Waals surface area contributed by atoms with Crippen molar-refractivity contribution in [2.45, 2.75) is 25.1 Å². The number of fused-ring (bicyclic) bond motifs is 3. The Hall–Kier alpha value is -3.38. The molecule has 2 heterocycles. The molecule has 5 rings (SSSR count). The van der Waals surface area contributed by atoms with Gasteiger partial charge in [0.25, 0.3) is 5.69 Å². The van der Waals surface area contributed by atoms with Crippen LogP contribution in [-0.2, 0) is 5.72 Å². The summed E-state index contributed by atoms with van der Waals surface area (Å²) >= 11 is 6.05. The van der Waals surface area contributed by atoms with E-state index in [2.05, 4.69) is 6.07 Å². The third kappa shape index (κ3) is 2.92. The average Bonchev–Trinajstić information content (AvgIpc) is 3.21. The van der Waals surface area contributed by atoms with Crippen molar-refractivity contribution in [1.29, 1.82) is 0 Å². The molecule has 6 nitrogen and oxygen atoms in total. The predicted octanol–water partition coefficient (Wildman–Crippen LogP) is 5.66. The van der Waals surface area contributed by atoms with E-state index in [9.17, 15) is 10.1 Å². The summed E-state index contributed by atoms with van der Waals surface area (Å²) in [6.07, 6.45) is 0.727. The smallest absolute Gasteiger partial charge is 0.269 e. The van der Waals surface area contributed by atoms with E-state index >= 15 is 0 Å². The highest BCUT2D eigenvalue weighted by Crippen LogP contribution is 2.50. The van der Waals surface area contributed by atoms with Crippen LogP contribution in [0.3, 0.4) is 0 Å². The fraction of sp³-hybridized carbons (Fsp3) is 0.174. The van der Waals surface area contributed by atoms with Crippen LogP contribution in [0.2, 0.25) is 5.02 Å². The topological polar surface area (TPSA) is 68.0 Å². The van der Waals surface area contributed by atoms with Gasteiger partial charge in [-0.3, -0.25) is 10.1 Å². The van der Waals surface area contributed by atoms with Crippen LogP contribution < -0.4 is 4.74 Å². The SMILES string of the molecule is C[C@]1(c2ccc([N+](=O)[O-])cc2)Oc2ccccc2[C@@H]2CC(c3ccc(Cl)cc3)=NN21. The lowest BCUT2D eigenvalue weighted by atomic mass is 9.92. The summed E-state index contributed by atoms with van der Waals surface area (Å²) in [5.74, 6) is 0.798. The standard InChI is InChI=1S/C23H18ClN3O3/c1-23(16-8-12-18(13-9-16)27(28)29)26-21(19-4-2-3-5-22(19)30-23)14-20(25-26)15-6-10-17(24)11-7-15/h2-13,21H,14H2,1H3/t21-,23+/m0/s1. The Labute approximate surface area is 178 Å². The summed E-state index contributed by atoms with van der Waals surface area (Å²) < 4.78 is 6.45. The fourth-order valence-corrected chi connectivity index (χ4v) is 4.28. The number of para-hydroxylation sites is 1. The zero-order valence-electron chi connectivity index (χ0n) is 16.2. The molecule has 0 aliphatic carbocycles. The molecule has 2 aliphatic rings. The molecule has 0 spiro atoms. The Balaban J connectivity index is 1.61. The molecule has 3 aromatic carbocycles. The lowest BCUT2D eigenvalue weighted by molar-refractivity contribution is -0.384. The minimum absolute atomic E-state index is 0.000759. The van der Waals surface area contributed by atoms with E-state index in [0.717, 1.165) is 34.6 Å². The number of nitrogens with zero attached hydrogens (tertiary/aromatic N) is 3. The number of halogens is 1. The van der Waals surface area contributed by atoms with Crippen LogP contribution in [0.5, 0.6) is 5.75 Å². The second kappa shape index (κ2) is 6.85. The Bertz CT molecular complexity index is 1160. The largest absolute Gasteiger partial charge is 0.462 e. The Morgan fingerprint density at radius 3 is 2.50 bits per heavy atom. The number of hydrogen-bond acceptors (Lipinski definition) is 5. The van der Waals surface area contributed by atoms with Crippen molar-refractivity contribution < 1.29 is 9.66 Å². The Morgan fingerprint density at radius 1 is 1.10 bits per heavy atom. The molecule has 0 radical (unpaired) electrons. The molecular weight excluding hydrogens is 402 g/mol. The molecular formula is C23H18ClN3O3. The van der Waals surface area contributed by atoms with Gasteiger partial charge < -0.3 is 4.74 Å². The van der Waals surface area contributed by atoms with Crippen molar-refractivity contribution in [3.05, 3.63) is 105 Å². The van der Waals surface area contributed by atoms with Gasteiger partial charge in [0.05, 0.1) is 16.7 Å². The number of ether oxygens (including phenoxy) is 1. The minimum Gasteiger partial charge on any atom is -0.462 e. The fourth-order valence-electron chi connectivity index (χ4n) is 4.16. The third-order valence-corrected chi connectivity index (χ3v) is 5.98. The van der Waals surface area contributed by atoms with Gasteiger partial charge in [0, 0.05) is 41.6 Å². The highest BCUT2D eigenvalue weighted by atomic mass is 35.5. The maximum Gasteiger partial charge on any atom is 0.269 e. The number of hydrogen-bond donors (Lipinski definition) is 0. The minimum atomic E-state index is -0.900. The second-order valence-electron chi connectivity index (χ2n) is 7.54. The molecule has 2 aliphatic heterocycles. The van der Waals surface area contributed by atoms with Crippen molar-refractivity contribution in [1.82, 2.24) is 5.01 Å². The van der Waals surface area contributed by atoms with E-state index in [4.69, 9.17) is 21.4 Å². The van der Waals surface area contributed by atoms with E-state index in [1.54, 1.807) is 12.1 Å². The van der Waals surface area contributed by atoms with Crippen LogP contribution in [-0.4, -0.2) is 15.6 Å². The summed E-state index contributed by atoms with van der Waals surface area (Å²) in [5.41, 5.74) is 2.98. The first-order valence-electron chi connectivity index (χ1n) is 9.61. The molecule has 0 aromatic heterocycles. The van der Waals surface area contributed by atoms with E-state index in [0.29, 0.717) is 5.02 Å². The third-order valence-electron chi connectivity index (χ3n) is 5.73. The van der Waals surface area contributed by atoms with Gasteiger partial charge in [-0.1, -0.05) is 41.9 Å². The van der Waals surface area contributed by atoms with Gasteiger partial charge in [0.2, 0.25) is 5.72 Å². The normalized spacial score (nSPS) is 22.0. The van der Waals surface area contributed by atoms with Crippen LogP contribution in [0, 0.1) is 10.1 Å². The number of rotatable bonds is 3. The van der Waals surface area contributed by atoms with Crippen LogP contribution in [0.4, 0.5) is 5.69 Å². The summed E-state index contributed by atoms with van der Waals surface area (Å²) in [6, 6.07) is 22.1. The lowest BCUT2D eigenvalue weighted by Gasteiger charge is -2.45. The molecule has 2 atom stereocenters. The average molecular weight is 420 g/mol. The quantitative estimate of drug-likeness (QED) is 0.405. The molecule has 0 saturated heterocycles. The van der Waals surface area contributed by atoms with E-state index < -0.39 is 10.6 Å². The first-order valence-corrected chi connectivity index (χ1v) is 9.99. The van der Waals surface area contributed by atoms with Crippen LogP contribution in [0.25, 0.3) is 0 Å². The molecule has 30 heavy (non-hydrogen) atoms. The summed E-state index contributed by atoms with van der Waals surface area (Å²) in [7, 11) is 0. The van der Waals surface area contributed by atoms with Gasteiger partial charge in [-0.2, -0.15) is 5.10 Å². The van der Waals surface area contributed by atoms with E-state index in [1.807, 2.05) is 54.4 Å². The zero-order chi connectivity index (χ0) is 20.9. The number of benzene rings is 3. The van der Waals surface area contributed by atoms with Gasteiger partial charge in [-0.15, -0.1) is 0 Å². The van der Waals surface area contributed by atoms with Crippen molar-refractivity contribution >= 4 is 23.0 Å². The zero-order valence-corrected chi connectivity index (χ0v) is 16.9. The van der Waals surface area contributed by atoms with E-state index in [1.165, 1.54) is 12.1 Å².